The number of aromatic nitrogens is 1. The second kappa shape index (κ2) is 5.54. The van der Waals surface area contributed by atoms with Crippen LogP contribution in [0.3, 0.4) is 0 Å². The minimum Gasteiger partial charge on any atom is -0.329 e. The van der Waals surface area contributed by atoms with Gasteiger partial charge in [-0.1, -0.05) is 36.4 Å². The summed E-state index contributed by atoms with van der Waals surface area (Å²) in [4.78, 5) is 6.85. The fourth-order valence-corrected chi connectivity index (χ4v) is 2.55. The van der Waals surface area contributed by atoms with E-state index in [0.29, 0.717) is 6.54 Å². The normalized spacial score (nSPS) is 10.8. The predicted octanol–water partition coefficient (Wildman–Crippen LogP) is 3.77. The third kappa shape index (κ3) is 2.60. The number of pyridine rings is 1. The minimum absolute atomic E-state index is 0.444. The van der Waals surface area contributed by atoms with Crippen LogP contribution in [0.15, 0.2) is 54.6 Å². The van der Waals surface area contributed by atoms with Crippen LogP contribution in [0.4, 0.5) is 11.5 Å². The average Bonchev–Trinajstić information content (AvgIpc) is 2.53. The van der Waals surface area contributed by atoms with E-state index in [4.69, 9.17) is 10.7 Å². The summed E-state index contributed by atoms with van der Waals surface area (Å²) in [5.74, 6) is 0.944. The van der Waals surface area contributed by atoms with Gasteiger partial charge in [-0.25, -0.2) is 4.98 Å². The summed E-state index contributed by atoms with van der Waals surface area (Å²) < 4.78 is 0. The van der Waals surface area contributed by atoms with Gasteiger partial charge >= 0.3 is 0 Å². The number of nitrogens with two attached hydrogens (primary N) is 1. The predicted molar refractivity (Wildman–Crippen MR) is 88.9 cm³/mol. The summed E-state index contributed by atoms with van der Waals surface area (Å²) in [6.45, 7) is 2.54. The first kappa shape index (κ1) is 13.6. The Kier molecular flexibility index (Phi) is 3.59. The van der Waals surface area contributed by atoms with Crippen molar-refractivity contribution in [3.05, 3.63) is 65.9 Å². The Morgan fingerprint density at radius 2 is 1.86 bits per heavy atom. The van der Waals surface area contributed by atoms with Crippen molar-refractivity contribution in [2.45, 2.75) is 13.5 Å². The van der Waals surface area contributed by atoms with Gasteiger partial charge in [0.15, 0.2) is 0 Å². The molecule has 0 aliphatic carbocycles. The Bertz CT molecular complexity index is 780. The molecule has 0 unspecified atom stereocenters. The van der Waals surface area contributed by atoms with Crippen molar-refractivity contribution in [3.8, 4) is 0 Å². The molecule has 106 valence electrons. The molecule has 21 heavy (non-hydrogen) atoms. The smallest absolute Gasteiger partial charge is 0.140 e. The number of hydrogen-bond donors (Lipinski definition) is 1. The van der Waals surface area contributed by atoms with Gasteiger partial charge < -0.3 is 10.6 Å². The Labute approximate surface area is 125 Å². The van der Waals surface area contributed by atoms with E-state index in [1.807, 2.05) is 19.2 Å². The van der Waals surface area contributed by atoms with Crippen molar-refractivity contribution in [1.82, 2.24) is 4.98 Å². The lowest BCUT2D eigenvalue weighted by molar-refractivity contribution is 0.983. The summed E-state index contributed by atoms with van der Waals surface area (Å²) in [5.41, 5.74) is 9.06. The molecule has 0 radical (unpaired) electrons. The molecule has 0 saturated carbocycles. The molecule has 2 aromatic carbocycles. The Morgan fingerprint density at radius 1 is 1.05 bits per heavy atom. The van der Waals surface area contributed by atoms with Gasteiger partial charge in [-0.05, 0) is 36.1 Å². The first-order chi connectivity index (χ1) is 10.2. The van der Waals surface area contributed by atoms with Gasteiger partial charge in [-0.2, -0.15) is 0 Å². The molecule has 3 aromatic rings. The van der Waals surface area contributed by atoms with E-state index in [9.17, 15) is 0 Å². The van der Waals surface area contributed by atoms with Crippen molar-refractivity contribution in [2.24, 2.45) is 5.73 Å². The highest BCUT2D eigenvalue weighted by atomic mass is 15.2. The molecule has 0 fully saturated rings. The topological polar surface area (TPSA) is 42.2 Å². The van der Waals surface area contributed by atoms with Gasteiger partial charge in [0, 0.05) is 24.7 Å². The average molecular weight is 277 g/mol. The molecule has 2 N–H and O–H groups in total. The summed E-state index contributed by atoms with van der Waals surface area (Å²) in [6, 6.07) is 18.8. The first-order valence-electron chi connectivity index (χ1n) is 7.08. The SMILES string of the molecule is Cc1cccc(N(C)c2nc(CN)cc3ccccc23)c1. The highest BCUT2D eigenvalue weighted by Gasteiger charge is 2.11. The van der Waals surface area contributed by atoms with Crippen LogP contribution in [0.2, 0.25) is 0 Å². The lowest BCUT2D eigenvalue weighted by Gasteiger charge is -2.21. The number of hydrogen-bond acceptors (Lipinski definition) is 3. The Morgan fingerprint density at radius 3 is 2.62 bits per heavy atom. The molecule has 0 amide bonds. The van der Waals surface area contributed by atoms with Crippen LogP contribution >= 0.6 is 0 Å². The standard InChI is InChI=1S/C18H19N3/c1-13-6-5-8-16(10-13)21(2)18-17-9-4-3-7-14(17)11-15(12-19)20-18/h3-11H,12,19H2,1-2H3. The molecular formula is C18H19N3. The summed E-state index contributed by atoms with van der Waals surface area (Å²) in [6.07, 6.45) is 0. The maximum atomic E-state index is 5.79. The highest BCUT2D eigenvalue weighted by molar-refractivity contribution is 5.94. The molecule has 1 heterocycles. The number of nitrogens with zero attached hydrogens (tertiary/aromatic N) is 2. The van der Waals surface area contributed by atoms with E-state index < -0.39 is 0 Å². The number of fused-ring (bicyclic) bond motifs is 1. The molecular weight excluding hydrogens is 258 g/mol. The number of anilines is 2. The third-order valence-corrected chi connectivity index (χ3v) is 3.69. The first-order valence-corrected chi connectivity index (χ1v) is 7.08. The zero-order chi connectivity index (χ0) is 14.8. The molecule has 0 atom stereocenters. The van der Waals surface area contributed by atoms with Crippen LogP contribution in [-0.2, 0) is 6.54 Å². The molecule has 3 nitrogen and oxygen atoms in total. The molecule has 0 aliphatic rings. The lowest BCUT2D eigenvalue weighted by Crippen LogP contribution is -2.13. The maximum absolute atomic E-state index is 5.79. The van der Waals surface area contributed by atoms with Crippen molar-refractivity contribution in [2.75, 3.05) is 11.9 Å². The number of benzene rings is 2. The molecule has 3 rings (SSSR count). The molecule has 0 saturated heterocycles. The summed E-state index contributed by atoms with van der Waals surface area (Å²) >= 11 is 0. The van der Waals surface area contributed by atoms with Crippen molar-refractivity contribution >= 4 is 22.3 Å². The quantitative estimate of drug-likeness (QED) is 0.792. The third-order valence-electron chi connectivity index (χ3n) is 3.69. The number of aryl methyl sites for hydroxylation is 1. The Balaban J connectivity index is 2.18. The highest BCUT2D eigenvalue weighted by Crippen LogP contribution is 2.30. The molecule has 0 spiro atoms. The zero-order valence-corrected chi connectivity index (χ0v) is 12.4. The van der Waals surface area contributed by atoms with Gasteiger partial charge in [0.25, 0.3) is 0 Å². The van der Waals surface area contributed by atoms with Crippen molar-refractivity contribution < 1.29 is 0 Å². The van der Waals surface area contributed by atoms with Crippen LogP contribution < -0.4 is 10.6 Å². The van der Waals surface area contributed by atoms with Crippen molar-refractivity contribution in [3.63, 3.8) is 0 Å². The summed E-state index contributed by atoms with van der Waals surface area (Å²) in [5, 5.41) is 2.31. The van der Waals surface area contributed by atoms with Gasteiger partial charge in [0.1, 0.15) is 5.82 Å². The second-order valence-corrected chi connectivity index (χ2v) is 5.26. The molecule has 1 aromatic heterocycles. The van der Waals surface area contributed by atoms with E-state index in [1.165, 1.54) is 10.9 Å². The fraction of sp³-hybridized carbons (Fsp3) is 0.167. The largest absolute Gasteiger partial charge is 0.329 e. The zero-order valence-electron chi connectivity index (χ0n) is 12.4. The molecule has 0 aliphatic heterocycles. The second-order valence-electron chi connectivity index (χ2n) is 5.26. The van der Waals surface area contributed by atoms with Crippen LogP contribution in [0.5, 0.6) is 0 Å². The maximum Gasteiger partial charge on any atom is 0.140 e. The van der Waals surface area contributed by atoms with E-state index >= 15 is 0 Å². The van der Waals surface area contributed by atoms with Gasteiger partial charge in [0.2, 0.25) is 0 Å². The van der Waals surface area contributed by atoms with E-state index in [0.717, 1.165) is 22.6 Å². The van der Waals surface area contributed by atoms with E-state index in [-0.39, 0.29) is 0 Å². The van der Waals surface area contributed by atoms with Crippen LogP contribution in [-0.4, -0.2) is 12.0 Å². The van der Waals surface area contributed by atoms with Crippen LogP contribution in [0.25, 0.3) is 10.8 Å². The van der Waals surface area contributed by atoms with Gasteiger partial charge in [0.05, 0.1) is 5.69 Å². The molecule has 3 heteroatoms. The van der Waals surface area contributed by atoms with Crippen LogP contribution in [0.1, 0.15) is 11.3 Å². The van der Waals surface area contributed by atoms with Crippen molar-refractivity contribution in [1.29, 1.82) is 0 Å². The fourth-order valence-electron chi connectivity index (χ4n) is 2.55. The van der Waals surface area contributed by atoms with Gasteiger partial charge in [-0.15, -0.1) is 0 Å². The van der Waals surface area contributed by atoms with Crippen LogP contribution in [0, 0.1) is 6.92 Å². The van der Waals surface area contributed by atoms with E-state index in [2.05, 4.69) is 54.3 Å². The van der Waals surface area contributed by atoms with E-state index in [1.54, 1.807) is 0 Å². The summed E-state index contributed by atoms with van der Waals surface area (Å²) in [7, 11) is 2.05. The lowest BCUT2D eigenvalue weighted by atomic mass is 10.1. The molecule has 0 bridgehead atoms. The van der Waals surface area contributed by atoms with Gasteiger partial charge in [-0.3, -0.25) is 0 Å². The monoisotopic (exact) mass is 277 g/mol. The number of rotatable bonds is 3. The minimum atomic E-state index is 0.444. The Hall–Kier alpha value is -2.39.